The highest BCUT2D eigenvalue weighted by molar-refractivity contribution is 5.41. The third-order valence-electron chi connectivity index (χ3n) is 5.34. The van der Waals surface area contributed by atoms with E-state index in [4.69, 9.17) is 9.47 Å². The molecule has 2 aromatic carbocycles. The zero-order chi connectivity index (χ0) is 17.9. The van der Waals surface area contributed by atoms with Crippen LogP contribution in [0.2, 0.25) is 0 Å². The largest absolute Gasteiger partial charge is 0.497 e. The number of ether oxygens (including phenoxy) is 2. The Hall–Kier alpha value is -2.04. The van der Waals surface area contributed by atoms with E-state index in [9.17, 15) is 5.11 Å². The van der Waals surface area contributed by atoms with Crippen molar-refractivity contribution in [1.82, 2.24) is 4.90 Å². The molecule has 2 aromatic rings. The predicted molar refractivity (Wildman–Crippen MR) is 99.1 cm³/mol. The molecule has 3 rings (SSSR count). The summed E-state index contributed by atoms with van der Waals surface area (Å²) in [6.45, 7) is 3.94. The fourth-order valence-electron chi connectivity index (χ4n) is 3.59. The molecule has 0 amide bonds. The van der Waals surface area contributed by atoms with Crippen molar-refractivity contribution in [3.63, 3.8) is 0 Å². The van der Waals surface area contributed by atoms with Crippen LogP contribution in [0.4, 0.5) is 0 Å². The maximum absolute atomic E-state index is 11.2. The lowest BCUT2D eigenvalue weighted by Crippen LogP contribution is -2.43. The number of aliphatic hydroxyl groups is 1. The second kappa shape index (κ2) is 7.46. The van der Waals surface area contributed by atoms with E-state index in [0.29, 0.717) is 30.4 Å². The minimum absolute atomic E-state index is 0.352. The number of benzene rings is 2. The molecule has 1 unspecified atom stereocenters. The Balaban J connectivity index is 1.74. The molecular weight excluding hydrogens is 314 g/mol. The van der Waals surface area contributed by atoms with E-state index in [-0.39, 0.29) is 0 Å². The van der Waals surface area contributed by atoms with Crippen LogP contribution in [0.15, 0.2) is 48.5 Å². The van der Waals surface area contributed by atoms with E-state index in [1.165, 1.54) is 5.56 Å². The smallest absolute Gasteiger partial charge is 0.122 e. The van der Waals surface area contributed by atoms with Crippen LogP contribution in [-0.4, -0.2) is 37.3 Å². The predicted octanol–water partition coefficient (Wildman–Crippen LogP) is 3.75. The van der Waals surface area contributed by atoms with Gasteiger partial charge in [-0.2, -0.15) is 0 Å². The maximum Gasteiger partial charge on any atom is 0.122 e. The van der Waals surface area contributed by atoms with Crippen LogP contribution in [0, 0.1) is 0 Å². The van der Waals surface area contributed by atoms with Gasteiger partial charge in [-0.3, -0.25) is 4.90 Å². The van der Waals surface area contributed by atoms with Gasteiger partial charge in [0, 0.05) is 25.2 Å². The Kier molecular flexibility index (Phi) is 5.30. The molecule has 0 aromatic heterocycles. The number of methoxy groups -OCH3 is 2. The standard InChI is InChI=1S/C21H27NO3/c1-16(17-7-5-4-6-8-17)22-11-9-21(23,10-12-22)18-13-19(24-2)15-20(14-18)25-3/h4-8,13-16,23H,9-12H2,1-3H3. The topological polar surface area (TPSA) is 41.9 Å². The molecule has 0 bridgehead atoms. The monoisotopic (exact) mass is 341 g/mol. The molecule has 1 fully saturated rings. The summed E-state index contributed by atoms with van der Waals surface area (Å²) in [5.41, 5.74) is 1.35. The fraction of sp³-hybridized carbons (Fsp3) is 0.429. The number of rotatable bonds is 5. The molecule has 1 heterocycles. The first-order valence-electron chi connectivity index (χ1n) is 8.80. The van der Waals surface area contributed by atoms with Crippen LogP contribution in [0.5, 0.6) is 11.5 Å². The van der Waals surface area contributed by atoms with Crippen molar-refractivity contribution in [2.45, 2.75) is 31.4 Å². The van der Waals surface area contributed by atoms with Crippen molar-refractivity contribution < 1.29 is 14.6 Å². The van der Waals surface area contributed by atoms with Crippen LogP contribution in [0.3, 0.4) is 0 Å². The molecule has 0 radical (unpaired) electrons. The van der Waals surface area contributed by atoms with Gasteiger partial charge in [-0.1, -0.05) is 30.3 Å². The normalized spacial score (nSPS) is 18.6. The van der Waals surface area contributed by atoms with Crippen molar-refractivity contribution in [2.75, 3.05) is 27.3 Å². The van der Waals surface area contributed by atoms with Gasteiger partial charge in [-0.25, -0.2) is 0 Å². The summed E-state index contributed by atoms with van der Waals surface area (Å²) >= 11 is 0. The lowest BCUT2D eigenvalue weighted by Gasteiger charge is -2.41. The average molecular weight is 341 g/mol. The molecular formula is C21H27NO3. The highest BCUT2D eigenvalue weighted by Gasteiger charge is 2.36. The van der Waals surface area contributed by atoms with Crippen molar-refractivity contribution in [1.29, 1.82) is 0 Å². The molecule has 4 heteroatoms. The Morgan fingerprint density at radius 2 is 1.52 bits per heavy atom. The third-order valence-corrected chi connectivity index (χ3v) is 5.34. The quantitative estimate of drug-likeness (QED) is 0.899. The zero-order valence-corrected chi connectivity index (χ0v) is 15.2. The van der Waals surface area contributed by atoms with Gasteiger partial charge in [0.15, 0.2) is 0 Å². The summed E-state index contributed by atoms with van der Waals surface area (Å²) in [5, 5.41) is 11.2. The van der Waals surface area contributed by atoms with Gasteiger partial charge in [-0.15, -0.1) is 0 Å². The van der Waals surface area contributed by atoms with Gasteiger partial charge >= 0.3 is 0 Å². The average Bonchev–Trinajstić information content (AvgIpc) is 2.68. The van der Waals surface area contributed by atoms with Crippen LogP contribution in [0.1, 0.15) is 36.9 Å². The van der Waals surface area contributed by atoms with Crippen LogP contribution in [-0.2, 0) is 5.60 Å². The van der Waals surface area contributed by atoms with Gasteiger partial charge in [0.1, 0.15) is 11.5 Å². The maximum atomic E-state index is 11.2. The minimum atomic E-state index is -0.839. The van der Waals surface area contributed by atoms with Crippen molar-refractivity contribution >= 4 is 0 Å². The van der Waals surface area contributed by atoms with E-state index < -0.39 is 5.60 Å². The van der Waals surface area contributed by atoms with E-state index in [1.807, 2.05) is 24.3 Å². The second-order valence-corrected chi connectivity index (χ2v) is 6.76. The highest BCUT2D eigenvalue weighted by atomic mass is 16.5. The first-order chi connectivity index (χ1) is 12.1. The molecule has 4 nitrogen and oxygen atoms in total. The molecule has 0 spiro atoms. The lowest BCUT2D eigenvalue weighted by molar-refractivity contribution is -0.0346. The number of likely N-dealkylation sites (tertiary alicyclic amines) is 1. The highest BCUT2D eigenvalue weighted by Crippen LogP contribution is 2.38. The number of hydrogen-bond acceptors (Lipinski definition) is 4. The molecule has 134 valence electrons. The SMILES string of the molecule is COc1cc(OC)cc(C2(O)CCN(C(C)c3ccccc3)CC2)c1. The zero-order valence-electron chi connectivity index (χ0n) is 15.2. The summed E-state index contributed by atoms with van der Waals surface area (Å²) in [4.78, 5) is 2.43. The van der Waals surface area contributed by atoms with Gasteiger partial charge in [0.25, 0.3) is 0 Å². The Morgan fingerprint density at radius 3 is 2.04 bits per heavy atom. The first-order valence-corrected chi connectivity index (χ1v) is 8.80. The van der Waals surface area contributed by atoms with Crippen LogP contribution in [0.25, 0.3) is 0 Å². The molecule has 0 aliphatic carbocycles. The second-order valence-electron chi connectivity index (χ2n) is 6.76. The number of nitrogens with zero attached hydrogens (tertiary/aromatic N) is 1. The Labute approximate surface area is 150 Å². The summed E-state index contributed by atoms with van der Waals surface area (Å²) < 4.78 is 10.7. The molecule has 1 atom stereocenters. The van der Waals surface area contributed by atoms with Gasteiger partial charge in [0.05, 0.1) is 19.8 Å². The van der Waals surface area contributed by atoms with Gasteiger partial charge < -0.3 is 14.6 Å². The van der Waals surface area contributed by atoms with E-state index in [0.717, 1.165) is 18.7 Å². The summed E-state index contributed by atoms with van der Waals surface area (Å²) in [6.07, 6.45) is 1.39. The molecule has 25 heavy (non-hydrogen) atoms. The third kappa shape index (κ3) is 3.80. The molecule has 1 aliphatic rings. The number of hydrogen-bond donors (Lipinski definition) is 1. The van der Waals surface area contributed by atoms with Crippen LogP contribution >= 0.6 is 0 Å². The van der Waals surface area contributed by atoms with Gasteiger partial charge in [0.2, 0.25) is 0 Å². The Bertz CT molecular complexity index is 671. The molecule has 1 aliphatic heterocycles. The van der Waals surface area contributed by atoms with Crippen molar-refractivity contribution in [3.8, 4) is 11.5 Å². The first kappa shape index (κ1) is 17.8. The summed E-state index contributed by atoms with van der Waals surface area (Å²) in [6, 6.07) is 16.5. The summed E-state index contributed by atoms with van der Waals surface area (Å²) in [5.74, 6) is 1.42. The number of piperidine rings is 1. The minimum Gasteiger partial charge on any atom is -0.497 e. The molecule has 1 saturated heterocycles. The molecule has 1 N–H and O–H groups in total. The van der Waals surface area contributed by atoms with Crippen molar-refractivity contribution in [2.24, 2.45) is 0 Å². The Morgan fingerprint density at radius 1 is 0.960 bits per heavy atom. The van der Waals surface area contributed by atoms with E-state index in [1.54, 1.807) is 14.2 Å². The lowest BCUT2D eigenvalue weighted by atomic mass is 9.83. The van der Waals surface area contributed by atoms with Crippen molar-refractivity contribution in [3.05, 3.63) is 59.7 Å². The van der Waals surface area contributed by atoms with Gasteiger partial charge in [-0.05, 0) is 43.0 Å². The van der Waals surface area contributed by atoms with Crippen LogP contribution < -0.4 is 9.47 Å². The van der Waals surface area contributed by atoms with E-state index >= 15 is 0 Å². The summed E-state index contributed by atoms with van der Waals surface area (Å²) in [7, 11) is 3.26. The molecule has 0 saturated carbocycles. The fourth-order valence-corrected chi connectivity index (χ4v) is 3.59. The van der Waals surface area contributed by atoms with E-state index in [2.05, 4.69) is 36.1 Å².